The number of nitriles is 1. The summed E-state index contributed by atoms with van der Waals surface area (Å²) < 4.78 is 34.7. The number of hydrogen-bond acceptors (Lipinski definition) is 10. The van der Waals surface area contributed by atoms with Crippen LogP contribution >= 0.6 is 11.8 Å². The van der Waals surface area contributed by atoms with Crippen LogP contribution in [0.4, 0.5) is 14.5 Å². The summed E-state index contributed by atoms with van der Waals surface area (Å²) in [5.74, 6) is -0.0572. The number of aliphatic hydroxyl groups is 1. The molecule has 1 saturated heterocycles. The predicted molar refractivity (Wildman–Crippen MR) is 167 cm³/mol. The standard InChI is InChI=1S/C31H35F2N9O3S/c1-46-22-7-8-26(45-31(32)33)23(15-22)28-25(37-30(44)24-17-36-42-10-2-9-35-29(24)42)18-41(38-28)19-27(43)40-13-11-39(12-14-40)21-5-3-20(16-34)4-6-21/h2,7-10,15,17-18,20-21,30-31,37,44H,3-6,11-14,19H2,1H3/t20-,21+,30?. The van der Waals surface area contributed by atoms with Crippen LogP contribution in [0.2, 0.25) is 0 Å². The molecule has 1 aliphatic heterocycles. The van der Waals surface area contributed by atoms with Crippen LogP contribution in [-0.4, -0.2) is 90.3 Å². The lowest BCUT2D eigenvalue weighted by Crippen LogP contribution is -2.53. The summed E-state index contributed by atoms with van der Waals surface area (Å²) >= 11 is 1.43. The topological polar surface area (TPSA) is 137 Å². The lowest BCUT2D eigenvalue weighted by Gasteiger charge is -2.41. The zero-order valence-corrected chi connectivity index (χ0v) is 26.1. The van der Waals surface area contributed by atoms with E-state index in [1.165, 1.54) is 33.2 Å². The average Bonchev–Trinajstić information content (AvgIpc) is 3.69. The van der Waals surface area contributed by atoms with Gasteiger partial charge in [0.2, 0.25) is 5.91 Å². The second-order valence-corrected chi connectivity index (χ2v) is 12.3. The van der Waals surface area contributed by atoms with Gasteiger partial charge in [0.1, 0.15) is 18.0 Å². The highest BCUT2D eigenvalue weighted by Gasteiger charge is 2.30. The Labute approximate surface area is 268 Å². The van der Waals surface area contributed by atoms with Crippen LogP contribution in [0.15, 0.2) is 53.9 Å². The maximum atomic E-state index is 13.5. The van der Waals surface area contributed by atoms with Crippen LogP contribution in [0.1, 0.15) is 37.5 Å². The molecule has 2 aliphatic rings. The van der Waals surface area contributed by atoms with Gasteiger partial charge in [-0.2, -0.15) is 24.2 Å². The molecule has 46 heavy (non-hydrogen) atoms. The highest BCUT2D eigenvalue weighted by Crippen LogP contribution is 2.38. The van der Waals surface area contributed by atoms with Gasteiger partial charge in [-0.15, -0.1) is 11.8 Å². The van der Waals surface area contributed by atoms with E-state index in [9.17, 15) is 23.9 Å². The number of carbonyl (C=O) groups excluding carboxylic acids is 1. The molecule has 2 N–H and O–H groups in total. The third-order valence-corrected chi connectivity index (χ3v) is 9.40. The molecular formula is C31H35F2N9O3S. The maximum Gasteiger partial charge on any atom is 0.387 e. The molecule has 4 aromatic rings. The molecule has 1 aromatic carbocycles. The molecule has 12 nitrogen and oxygen atoms in total. The molecule has 2 fully saturated rings. The Hall–Kier alpha value is -4.26. The van der Waals surface area contributed by atoms with Gasteiger partial charge >= 0.3 is 6.61 Å². The van der Waals surface area contributed by atoms with Gasteiger partial charge < -0.3 is 20.1 Å². The fourth-order valence-electron chi connectivity index (χ4n) is 6.24. The van der Waals surface area contributed by atoms with Crippen LogP contribution < -0.4 is 10.1 Å². The lowest BCUT2D eigenvalue weighted by atomic mass is 9.86. The number of ether oxygens (including phenoxy) is 1. The van der Waals surface area contributed by atoms with E-state index in [4.69, 9.17) is 4.74 Å². The Morgan fingerprint density at radius 3 is 2.72 bits per heavy atom. The van der Waals surface area contributed by atoms with Crippen molar-refractivity contribution in [2.75, 3.05) is 37.8 Å². The van der Waals surface area contributed by atoms with Crippen LogP contribution in [0.3, 0.4) is 0 Å². The van der Waals surface area contributed by atoms with Crippen LogP contribution in [0, 0.1) is 17.2 Å². The predicted octanol–water partition coefficient (Wildman–Crippen LogP) is 4.25. The normalized spacial score (nSPS) is 19.7. The summed E-state index contributed by atoms with van der Waals surface area (Å²) in [7, 11) is 0. The van der Waals surface area contributed by atoms with Gasteiger partial charge in [-0.25, -0.2) is 9.50 Å². The smallest absolute Gasteiger partial charge is 0.387 e. The van der Waals surface area contributed by atoms with Gasteiger partial charge in [0, 0.05) is 67.2 Å². The number of alkyl halides is 2. The molecule has 0 spiro atoms. The van der Waals surface area contributed by atoms with Crippen molar-refractivity contribution in [3.8, 4) is 23.1 Å². The summed E-state index contributed by atoms with van der Waals surface area (Å²) in [6, 6.07) is 9.37. The van der Waals surface area contributed by atoms with E-state index in [0.29, 0.717) is 36.0 Å². The Balaban J connectivity index is 1.23. The number of carbonyl (C=O) groups is 1. The number of fused-ring (bicyclic) bond motifs is 1. The molecule has 6 rings (SSSR count). The number of benzene rings is 1. The fraction of sp³-hybridized carbons (Fsp3) is 0.452. The Morgan fingerprint density at radius 2 is 2.00 bits per heavy atom. The molecule has 1 atom stereocenters. The number of anilines is 1. The van der Waals surface area contributed by atoms with Crippen LogP contribution in [-0.2, 0) is 11.3 Å². The number of rotatable bonds is 10. The molecule has 0 bridgehead atoms. The van der Waals surface area contributed by atoms with Crippen molar-refractivity contribution < 1.29 is 23.4 Å². The number of piperazine rings is 1. The minimum atomic E-state index is -3.06. The number of thioether (sulfide) groups is 1. The molecular weight excluding hydrogens is 616 g/mol. The number of nitrogens with one attached hydrogen (secondary N) is 1. The summed E-state index contributed by atoms with van der Waals surface area (Å²) in [5, 5.41) is 32.3. The molecule has 1 saturated carbocycles. The molecule has 1 unspecified atom stereocenters. The Bertz CT molecular complexity index is 1710. The summed E-state index contributed by atoms with van der Waals surface area (Å²) in [6.45, 7) is -0.447. The second kappa shape index (κ2) is 14.0. The second-order valence-electron chi connectivity index (χ2n) is 11.4. The van der Waals surface area contributed by atoms with Gasteiger partial charge in [-0.05, 0) is 56.2 Å². The van der Waals surface area contributed by atoms with Crippen molar-refractivity contribution in [1.82, 2.24) is 34.2 Å². The first-order chi connectivity index (χ1) is 22.3. The van der Waals surface area contributed by atoms with Crippen molar-refractivity contribution in [2.24, 2.45) is 5.92 Å². The van der Waals surface area contributed by atoms with Gasteiger partial charge in [-0.1, -0.05) is 0 Å². The third kappa shape index (κ3) is 6.93. The third-order valence-electron chi connectivity index (χ3n) is 8.67. The monoisotopic (exact) mass is 651 g/mol. The Kier molecular flexibility index (Phi) is 9.67. The number of nitrogens with zero attached hydrogens (tertiary/aromatic N) is 8. The highest BCUT2D eigenvalue weighted by atomic mass is 32.2. The van der Waals surface area contributed by atoms with E-state index in [1.807, 2.05) is 11.2 Å². The first-order valence-corrected chi connectivity index (χ1v) is 16.4. The highest BCUT2D eigenvalue weighted by molar-refractivity contribution is 7.98. The number of aromatic nitrogens is 5. The van der Waals surface area contributed by atoms with E-state index in [2.05, 4.69) is 31.5 Å². The zero-order chi connectivity index (χ0) is 32.2. The molecule has 15 heteroatoms. The maximum absolute atomic E-state index is 13.5. The number of amides is 1. The van der Waals surface area contributed by atoms with E-state index in [0.717, 1.165) is 43.7 Å². The summed E-state index contributed by atoms with van der Waals surface area (Å²) in [5.41, 5.74) is 1.67. The van der Waals surface area contributed by atoms with Gasteiger partial charge in [0.15, 0.2) is 11.9 Å². The van der Waals surface area contributed by atoms with Crippen molar-refractivity contribution in [2.45, 2.75) is 56.0 Å². The summed E-state index contributed by atoms with van der Waals surface area (Å²) in [6.07, 6.45) is 10.8. The van der Waals surface area contributed by atoms with E-state index >= 15 is 0 Å². The van der Waals surface area contributed by atoms with Crippen molar-refractivity contribution in [3.05, 3.63) is 54.6 Å². The minimum absolute atomic E-state index is 0.0798. The van der Waals surface area contributed by atoms with E-state index in [-0.39, 0.29) is 35.4 Å². The molecule has 0 radical (unpaired) electrons. The number of halogens is 2. The van der Waals surface area contributed by atoms with Crippen LogP contribution in [0.5, 0.6) is 5.75 Å². The minimum Gasteiger partial charge on any atom is -0.434 e. The molecule has 4 heterocycles. The SMILES string of the molecule is CSc1ccc(OC(F)F)c(-c2nn(CC(=O)N3CCN([C@H]4CC[C@@H](C#N)CC4)CC3)cc2NC(O)c2cnn3cccnc23)c1. The van der Waals surface area contributed by atoms with Crippen molar-refractivity contribution in [3.63, 3.8) is 0 Å². The van der Waals surface area contributed by atoms with Crippen molar-refractivity contribution in [1.29, 1.82) is 5.26 Å². The Morgan fingerprint density at radius 1 is 1.22 bits per heavy atom. The number of aliphatic hydroxyl groups excluding tert-OH is 1. The van der Waals surface area contributed by atoms with Crippen LogP contribution in [0.25, 0.3) is 16.9 Å². The first-order valence-electron chi connectivity index (χ1n) is 15.2. The average molecular weight is 652 g/mol. The molecule has 1 aliphatic carbocycles. The summed E-state index contributed by atoms with van der Waals surface area (Å²) in [4.78, 5) is 22.8. The van der Waals surface area contributed by atoms with Crippen molar-refractivity contribution >= 4 is 29.0 Å². The lowest BCUT2D eigenvalue weighted by molar-refractivity contribution is -0.134. The molecule has 3 aromatic heterocycles. The fourth-order valence-corrected chi connectivity index (χ4v) is 6.68. The molecule has 242 valence electrons. The quantitative estimate of drug-likeness (QED) is 0.189. The largest absolute Gasteiger partial charge is 0.434 e. The molecule has 1 amide bonds. The van der Waals surface area contributed by atoms with Gasteiger partial charge in [0.05, 0.1) is 23.5 Å². The zero-order valence-electron chi connectivity index (χ0n) is 25.3. The first kappa shape index (κ1) is 31.7. The van der Waals surface area contributed by atoms with E-state index in [1.54, 1.807) is 36.8 Å². The van der Waals surface area contributed by atoms with Gasteiger partial charge in [-0.3, -0.25) is 14.4 Å². The van der Waals surface area contributed by atoms with Gasteiger partial charge in [0.25, 0.3) is 0 Å². The van der Waals surface area contributed by atoms with E-state index < -0.39 is 12.8 Å². The number of hydrogen-bond donors (Lipinski definition) is 2.